The summed E-state index contributed by atoms with van der Waals surface area (Å²) in [4.78, 5) is 11.6. The summed E-state index contributed by atoms with van der Waals surface area (Å²) in [5, 5.41) is 15.0. The van der Waals surface area contributed by atoms with Gasteiger partial charge in [0, 0.05) is 28.9 Å². The van der Waals surface area contributed by atoms with E-state index < -0.39 is 0 Å². The molecule has 0 saturated carbocycles. The maximum atomic E-state index is 11.6. The molecule has 6 heteroatoms. The van der Waals surface area contributed by atoms with E-state index in [2.05, 4.69) is 10.6 Å². The Kier molecular flexibility index (Phi) is 6.25. The number of rotatable bonds is 5. The molecule has 4 nitrogen and oxygen atoms in total. The van der Waals surface area contributed by atoms with Crippen LogP contribution in [0.3, 0.4) is 0 Å². The van der Waals surface area contributed by atoms with Gasteiger partial charge in [0.1, 0.15) is 0 Å². The first kappa shape index (κ1) is 15.1. The van der Waals surface area contributed by atoms with Crippen LogP contribution >= 0.6 is 23.2 Å². The fourth-order valence-corrected chi connectivity index (χ4v) is 1.92. The van der Waals surface area contributed by atoms with E-state index in [0.29, 0.717) is 28.7 Å². The SMILES string of the molecule is CC(CCO)CNC(=O)Nc1cc(Cl)cc(Cl)c1. The van der Waals surface area contributed by atoms with Crippen LogP contribution in [-0.2, 0) is 0 Å². The summed E-state index contributed by atoms with van der Waals surface area (Å²) >= 11 is 11.6. The molecule has 100 valence electrons. The number of carbonyl (C=O) groups is 1. The summed E-state index contributed by atoms with van der Waals surface area (Å²) in [6.07, 6.45) is 0.656. The average Bonchev–Trinajstić information content (AvgIpc) is 2.25. The van der Waals surface area contributed by atoms with Gasteiger partial charge < -0.3 is 15.7 Å². The van der Waals surface area contributed by atoms with Gasteiger partial charge >= 0.3 is 6.03 Å². The lowest BCUT2D eigenvalue weighted by atomic mass is 10.1. The van der Waals surface area contributed by atoms with Crippen molar-refractivity contribution in [2.24, 2.45) is 5.92 Å². The van der Waals surface area contributed by atoms with Gasteiger partial charge in [0.2, 0.25) is 0 Å². The number of anilines is 1. The lowest BCUT2D eigenvalue weighted by Crippen LogP contribution is -2.32. The van der Waals surface area contributed by atoms with Gasteiger partial charge in [-0.3, -0.25) is 0 Å². The van der Waals surface area contributed by atoms with Crippen LogP contribution in [0.25, 0.3) is 0 Å². The van der Waals surface area contributed by atoms with Crippen molar-refractivity contribution in [2.75, 3.05) is 18.5 Å². The van der Waals surface area contributed by atoms with Gasteiger partial charge in [0.05, 0.1) is 0 Å². The highest BCUT2D eigenvalue weighted by atomic mass is 35.5. The van der Waals surface area contributed by atoms with Gasteiger partial charge in [0.25, 0.3) is 0 Å². The second-order valence-electron chi connectivity index (χ2n) is 4.11. The molecule has 0 aliphatic heterocycles. The van der Waals surface area contributed by atoms with E-state index in [1.807, 2.05) is 6.92 Å². The summed E-state index contributed by atoms with van der Waals surface area (Å²) in [6, 6.07) is 4.50. The molecule has 0 heterocycles. The number of urea groups is 1. The van der Waals surface area contributed by atoms with Gasteiger partial charge in [-0.1, -0.05) is 30.1 Å². The lowest BCUT2D eigenvalue weighted by molar-refractivity contribution is 0.243. The normalized spacial score (nSPS) is 12.0. The molecule has 0 aliphatic carbocycles. The first-order chi connectivity index (χ1) is 8.51. The second-order valence-corrected chi connectivity index (χ2v) is 4.98. The smallest absolute Gasteiger partial charge is 0.319 e. The van der Waals surface area contributed by atoms with E-state index in [4.69, 9.17) is 28.3 Å². The fraction of sp³-hybridized carbons (Fsp3) is 0.417. The zero-order valence-corrected chi connectivity index (χ0v) is 11.6. The Morgan fingerprint density at radius 1 is 1.33 bits per heavy atom. The molecule has 0 saturated heterocycles. The predicted octanol–water partition coefficient (Wildman–Crippen LogP) is 3.13. The van der Waals surface area contributed by atoms with Crippen LogP contribution < -0.4 is 10.6 Å². The molecule has 0 spiro atoms. The Balaban J connectivity index is 2.44. The maximum absolute atomic E-state index is 11.6. The number of aliphatic hydroxyl groups is 1. The topological polar surface area (TPSA) is 61.4 Å². The first-order valence-corrected chi connectivity index (χ1v) is 6.38. The third kappa shape index (κ3) is 5.58. The molecule has 3 N–H and O–H groups in total. The predicted molar refractivity (Wildman–Crippen MR) is 74.4 cm³/mol. The lowest BCUT2D eigenvalue weighted by Gasteiger charge is -2.12. The Morgan fingerprint density at radius 3 is 2.50 bits per heavy atom. The van der Waals surface area contributed by atoms with E-state index in [1.165, 1.54) is 0 Å². The minimum atomic E-state index is -0.321. The molecule has 0 bridgehead atoms. The standard InChI is InChI=1S/C12H16Cl2N2O2/c1-8(2-3-17)7-15-12(18)16-11-5-9(13)4-10(14)6-11/h4-6,8,17H,2-3,7H2,1H3,(H2,15,16,18). The molecule has 1 aromatic rings. The molecule has 0 aliphatic rings. The van der Waals surface area contributed by atoms with Gasteiger partial charge in [-0.2, -0.15) is 0 Å². The van der Waals surface area contributed by atoms with Gasteiger partial charge in [0.15, 0.2) is 0 Å². The highest BCUT2D eigenvalue weighted by Gasteiger charge is 2.06. The highest BCUT2D eigenvalue weighted by molar-refractivity contribution is 6.35. The van der Waals surface area contributed by atoms with Crippen molar-refractivity contribution in [3.05, 3.63) is 28.2 Å². The Morgan fingerprint density at radius 2 is 1.94 bits per heavy atom. The van der Waals surface area contributed by atoms with Crippen LogP contribution in [0.4, 0.5) is 10.5 Å². The minimum Gasteiger partial charge on any atom is -0.396 e. The van der Waals surface area contributed by atoms with Crippen LogP contribution in [0, 0.1) is 5.92 Å². The van der Waals surface area contributed by atoms with Crippen LogP contribution in [0.5, 0.6) is 0 Å². The number of carbonyl (C=O) groups excluding carboxylic acids is 1. The number of aliphatic hydroxyl groups excluding tert-OH is 1. The van der Waals surface area contributed by atoms with Crippen molar-refractivity contribution >= 4 is 34.9 Å². The molecule has 2 amide bonds. The highest BCUT2D eigenvalue weighted by Crippen LogP contribution is 2.22. The van der Waals surface area contributed by atoms with E-state index in [1.54, 1.807) is 18.2 Å². The Labute approximate surface area is 116 Å². The van der Waals surface area contributed by atoms with Crippen molar-refractivity contribution in [1.29, 1.82) is 0 Å². The minimum absolute atomic E-state index is 0.119. The molecule has 1 atom stereocenters. The van der Waals surface area contributed by atoms with Crippen molar-refractivity contribution in [3.8, 4) is 0 Å². The van der Waals surface area contributed by atoms with Crippen molar-refractivity contribution in [1.82, 2.24) is 5.32 Å². The number of nitrogens with one attached hydrogen (secondary N) is 2. The molecular formula is C12H16Cl2N2O2. The summed E-state index contributed by atoms with van der Waals surface area (Å²) in [6.45, 7) is 2.57. The maximum Gasteiger partial charge on any atom is 0.319 e. The van der Waals surface area contributed by atoms with Crippen LogP contribution in [0.1, 0.15) is 13.3 Å². The largest absolute Gasteiger partial charge is 0.396 e. The quantitative estimate of drug-likeness (QED) is 0.780. The van der Waals surface area contributed by atoms with Crippen LogP contribution in [0.2, 0.25) is 10.0 Å². The number of hydrogen-bond donors (Lipinski definition) is 3. The van der Waals surface area contributed by atoms with E-state index in [-0.39, 0.29) is 18.6 Å². The van der Waals surface area contributed by atoms with E-state index >= 15 is 0 Å². The van der Waals surface area contributed by atoms with Crippen molar-refractivity contribution in [3.63, 3.8) is 0 Å². The average molecular weight is 291 g/mol. The monoisotopic (exact) mass is 290 g/mol. The van der Waals surface area contributed by atoms with E-state index in [9.17, 15) is 4.79 Å². The number of hydrogen-bond acceptors (Lipinski definition) is 2. The van der Waals surface area contributed by atoms with Gasteiger partial charge in [-0.05, 0) is 30.5 Å². The summed E-state index contributed by atoms with van der Waals surface area (Å²) < 4.78 is 0. The third-order valence-corrected chi connectivity index (χ3v) is 2.79. The molecule has 0 fully saturated rings. The van der Waals surface area contributed by atoms with Crippen molar-refractivity contribution < 1.29 is 9.90 Å². The number of amides is 2. The van der Waals surface area contributed by atoms with Gasteiger partial charge in [-0.25, -0.2) is 4.79 Å². The Hall–Kier alpha value is -0.970. The summed E-state index contributed by atoms with van der Waals surface area (Å²) in [5.41, 5.74) is 0.541. The number of halogens is 2. The Bertz CT molecular complexity index is 393. The van der Waals surface area contributed by atoms with Crippen molar-refractivity contribution in [2.45, 2.75) is 13.3 Å². The van der Waals surface area contributed by atoms with Gasteiger partial charge in [-0.15, -0.1) is 0 Å². The zero-order chi connectivity index (χ0) is 13.5. The molecule has 0 radical (unpaired) electrons. The molecule has 18 heavy (non-hydrogen) atoms. The van der Waals surface area contributed by atoms with Crippen LogP contribution in [-0.4, -0.2) is 24.3 Å². The third-order valence-electron chi connectivity index (χ3n) is 2.35. The molecule has 1 unspecified atom stereocenters. The second kappa shape index (κ2) is 7.46. The molecule has 1 aromatic carbocycles. The van der Waals surface area contributed by atoms with E-state index in [0.717, 1.165) is 0 Å². The number of benzene rings is 1. The first-order valence-electron chi connectivity index (χ1n) is 5.63. The summed E-state index contributed by atoms with van der Waals surface area (Å²) in [5.74, 6) is 0.226. The van der Waals surface area contributed by atoms with Crippen LogP contribution in [0.15, 0.2) is 18.2 Å². The summed E-state index contributed by atoms with van der Waals surface area (Å²) in [7, 11) is 0. The molecule has 0 aromatic heterocycles. The fourth-order valence-electron chi connectivity index (χ4n) is 1.39. The molecule has 1 rings (SSSR count). The molecular weight excluding hydrogens is 275 g/mol. The zero-order valence-electron chi connectivity index (χ0n) is 10.0.